The first-order valence-corrected chi connectivity index (χ1v) is 11.4. The van der Waals surface area contributed by atoms with Crippen LogP contribution < -0.4 is 10.5 Å². The van der Waals surface area contributed by atoms with Gasteiger partial charge < -0.3 is 10.1 Å². The summed E-state index contributed by atoms with van der Waals surface area (Å²) in [5.74, 6) is 0.636. The fourth-order valence-corrected chi connectivity index (χ4v) is 4.00. The molecule has 0 fully saturated rings. The van der Waals surface area contributed by atoms with Gasteiger partial charge in [0, 0.05) is 23.3 Å². The molecule has 0 saturated heterocycles. The van der Waals surface area contributed by atoms with Crippen molar-refractivity contribution in [2.45, 2.75) is 42.3 Å². The summed E-state index contributed by atoms with van der Waals surface area (Å²) in [5, 5.41) is 19.5. The quantitative estimate of drug-likeness (QED) is 0.347. The fourth-order valence-electron chi connectivity index (χ4n) is 2.55. The lowest BCUT2D eigenvalue weighted by Gasteiger charge is -2.28. The molecule has 1 atom stereocenters. The summed E-state index contributed by atoms with van der Waals surface area (Å²) in [6.07, 6.45) is -0.238. The molecular weight excluding hydrogens is 414 g/mol. The van der Waals surface area contributed by atoms with E-state index in [-0.39, 0.29) is 22.4 Å². The van der Waals surface area contributed by atoms with Gasteiger partial charge in [-0.1, -0.05) is 18.2 Å². The average Bonchev–Trinajstić information content (AvgIpc) is 2.62. The van der Waals surface area contributed by atoms with Crippen LogP contribution in [0.3, 0.4) is 0 Å². The van der Waals surface area contributed by atoms with Crippen LogP contribution in [0, 0.1) is 10.1 Å². The van der Waals surface area contributed by atoms with Crippen molar-refractivity contribution in [3.63, 3.8) is 0 Å². The molecule has 2 aromatic carbocycles. The summed E-state index contributed by atoms with van der Waals surface area (Å²) < 4.78 is 29.0. The highest BCUT2D eigenvalue weighted by Crippen LogP contribution is 2.28. The highest BCUT2D eigenvalue weighted by Gasteiger charge is 2.22. The number of rotatable bonds is 9. The Morgan fingerprint density at radius 1 is 1.21 bits per heavy atom. The molecule has 0 amide bonds. The van der Waals surface area contributed by atoms with Crippen molar-refractivity contribution in [1.29, 1.82) is 0 Å². The van der Waals surface area contributed by atoms with Crippen LogP contribution in [-0.2, 0) is 14.8 Å². The number of nitrogens with two attached hydrogens (primary N) is 1. The van der Waals surface area contributed by atoms with Gasteiger partial charge in [-0.15, -0.1) is 11.8 Å². The van der Waals surface area contributed by atoms with E-state index in [2.05, 4.69) is 5.32 Å². The maximum absolute atomic E-state index is 11.5. The summed E-state index contributed by atoms with van der Waals surface area (Å²) in [7, 11) is -4.03. The van der Waals surface area contributed by atoms with Crippen LogP contribution >= 0.6 is 11.8 Å². The molecule has 0 heterocycles. The van der Waals surface area contributed by atoms with Crippen molar-refractivity contribution in [3.05, 3.63) is 58.6 Å². The summed E-state index contributed by atoms with van der Waals surface area (Å²) >= 11 is 1.63. The second kappa shape index (κ2) is 9.57. The Morgan fingerprint density at radius 2 is 1.86 bits per heavy atom. The Bertz CT molecular complexity index is 944. The Balaban J connectivity index is 2.15. The fraction of sp³-hybridized carbons (Fsp3) is 0.368. The largest absolute Gasteiger partial charge is 0.377 e. The molecule has 0 bridgehead atoms. The van der Waals surface area contributed by atoms with E-state index < -0.39 is 20.5 Å². The Morgan fingerprint density at radius 3 is 2.41 bits per heavy atom. The highest BCUT2D eigenvalue weighted by atomic mass is 32.2. The Hall–Kier alpha value is -2.14. The number of nitro groups is 1. The molecule has 10 heteroatoms. The first kappa shape index (κ1) is 23.1. The minimum absolute atomic E-state index is 0.203. The molecule has 8 nitrogen and oxygen atoms in total. The second-order valence-corrected chi connectivity index (χ2v) is 9.99. The summed E-state index contributed by atoms with van der Waals surface area (Å²) in [4.78, 5) is 11.5. The van der Waals surface area contributed by atoms with Crippen molar-refractivity contribution in [3.8, 4) is 0 Å². The third-order valence-electron chi connectivity index (χ3n) is 3.71. The number of thioether (sulfide) groups is 1. The summed E-state index contributed by atoms with van der Waals surface area (Å²) in [6.45, 7) is 6.14. The summed E-state index contributed by atoms with van der Waals surface area (Å²) in [5.41, 5.74) is -0.552. The summed E-state index contributed by atoms with van der Waals surface area (Å²) in [6, 6.07) is 13.4. The SMILES string of the molecule is CC(C)(C)OC(CNc1ccc(S(N)(=O)=O)cc1[N+](=O)[O-])CSc1ccccc1. The number of ether oxygens (including phenoxy) is 1. The molecule has 0 aliphatic carbocycles. The minimum Gasteiger partial charge on any atom is -0.377 e. The van der Waals surface area contributed by atoms with Crippen LogP contribution in [-0.4, -0.2) is 37.3 Å². The van der Waals surface area contributed by atoms with Gasteiger partial charge in [-0.2, -0.15) is 0 Å². The normalized spacial score (nSPS) is 13.1. The van der Waals surface area contributed by atoms with Gasteiger partial charge in [-0.25, -0.2) is 13.6 Å². The molecular formula is C19H25N3O5S2. The van der Waals surface area contributed by atoms with Crippen LogP contribution in [0.1, 0.15) is 20.8 Å². The van der Waals surface area contributed by atoms with Crippen LogP contribution in [0.4, 0.5) is 11.4 Å². The number of hydrogen-bond acceptors (Lipinski definition) is 7. The maximum atomic E-state index is 11.5. The lowest BCUT2D eigenvalue weighted by Crippen LogP contribution is -2.34. The molecule has 2 aromatic rings. The molecule has 0 saturated carbocycles. The first-order valence-electron chi connectivity index (χ1n) is 8.86. The van der Waals surface area contributed by atoms with Crippen molar-refractivity contribution in [2.24, 2.45) is 5.14 Å². The molecule has 0 aliphatic heterocycles. The number of benzene rings is 2. The van der Waals surface area contributed by atoms with Crippen LogP contribution in [0.25, 0.3) is 0 Å². The predicted molar refractivity (Wildman–Crippen MR) is 115 cm³/mol. The van der Waals surface area contributed by atoms with E-state index in [4.69, 9.17) is 9.88 Å². The Kier molecular flexibility index (Phi) is 7.64. The van der Waals surface area contributed by atoms with E-state index in [0.717, 1.165) is 11.0 Å². The van der Waals surface area contributed by atoms with Gasteiger partial charge in [-0.3, -0.25) is 10.1 Å². The number of sulfonamides is 1. The smallest absolute Gasteiger partial charge is 0.293 e. The monoisotopic (exact) mass is 439 g/mol. The van der Waals surface area contributed by atoms with Gasteiger partial charge in [-0.05, 0) is 45.0 Å². The lowest BCUT2D eigenvalue weighted by molar-refractivity contribution is -0.384. The number of nitrogens with zero attached hydrogens (tertiary/aromatic N) is 1. The van der Waals surface area contributed by atoms with Gasteiger partial charge >= 0.3 is 0 Å². The molecule has 29 heavy (non-hydrogen) atoms. The zero-order valence-corrected chi connectivity index (χ0v) is 18.1. The second-order valence-electron chi connectivity index (χ2n) is 7.34. The predicted octanol–water partition coefficient (Wildman–Crippen LogP) is 3.63. The van der Waals surface area contributed by atoms with E-state index in [1.165, 1.54) is 12.1 Å². The zero-order chi connectivity index (χ0) is 21.7. The molecule has 158 valence electrons. The van der Waals surface area contributed by atoms with Gasteiger partial charge in [0.1, 0.15) is 5.69 Å². The number of primary sulfonamides is 1. The van der Waals surface area contributed by atoms with Gasteiger partial charge in [0.2, 0.25) is 10.0 Å². The van der Waals surface area contributed by atoms with Crippen molar-refractivity contribution in [2.75, 3.05) is 17.6 Å². The topological polar surface area (TPSA) is 125 Å². The number of anilines is 1. The van der Waals surface area contributed by atoms with E-state index >= 15 is 0 Å². The van der Waals surface area contributed by atoms with E-state index in [1.807, 2.05) is 51.1 Å². The number of hydrogen-bond donors (Lipinski definition) is 2. The molecule has 0 aromatic heterocycles. The highest BCUT2D eigenvalue weighted by molar-refractivity contribution is 7.99. The van der Waals surface area contributed by atoms with Gasteiger partial charge in [0.25, 0.3) is 5.69 Å². The van der Waals surface area contributed by atoms with Crippen molar-refractivity contribution in [1.82, 2.24) is 0 Å². The maximum Gasteiger partial charge on any atom is 0.293 e. The van der Waals surface area contributed by atoms with Crippen molar-refractivity contribution >= 4 is 33.2 Å². The molecule has 0 aliphatic rings. The van der Waals surface area contributed by atoms with E-state index in [9.17, 15) is 18.5 Å². The standard InChI is InChI=1S/C19H25N3O5S2/c1-19(2,3)27-14(13-28-15-7-5-4-6-8-15)12-21-17-10-9-16(29(20,25)26)11-18(17)22(23)24/h4-11,14,21H,12-13H2,1-3H3,(H2,20,25,26). The average molecular weight is 440 g/mol. The molecule has 0 spiro atoms. The molecule has 0 radical (unpaired) electrons. The first-order chi connectivity index (χ1) is 13.5. The number of nitrogens with one attached hydrogen (secondary N) is 1. The molecule has 2 rings (SSSR count). The third-order valence-corrected chi connectivity index (χ3v) is 5.77. The third kappa shape index (κ3) is 7.65. The molecule has 1 unspecified atom stereocenters. The van der Waals surface area contributed by atoms with E-state index in [0.29, 0.717) is 12.3 Å². The minimum atomic E-state index is -4.03. The molecule has 3 N–H and O–H groups in total. The zero-order valence-electron chi connectivity index (χ0n) is 16.5. The van der Waals surface area contributed by atoms with Crippen molar-refractivity contribution < 1.29 is 18.1 Å². The number of nitro benzene ring substituents is 1. The van der Waals surface area contributed by atoms with Crippen LogP contribution in [0.2, 0.25) is 0 Å². The lowest BCUT2D eigenvalue weighted by atomic mass is 10.2. The van der Waals surface area contributed by atoms with Gasteiger partial charge in [0.05, 0.1) is 21.5 Å². The van der Waals surface area contributed by atoms with Gasteiger partial charge in [0.15, 0.2) is 0 Å². The van der Waals surface area contributed by atoms with E-state index in [1.54, 1.807) is 11.8 Å². The Labute approximate surface area is 175 Å². The van der Waals surface area contributed by atoms with Crippen LogP contribution in [0.5, 0.6) is 0 Å². The van der Waals surface area contributed by atoms with Crippen LogP contribution in [0.15, 0.2) is 58.3 Å².